The summed E-state index contributed by atoms with van der Waals surface area (Å²) in [6, 6.07) is 10.2. The summed E-state index contributed by atoms with van der Waals surface area (Å²) in [6.07, 6.45) is -0.465. The summed E-state index contributed by atoms with van der Waals surface area (Å²) in [5.74, 6) is -0.276. The van der Waals surface area contributed by atoms with Gasteiger partial charge in [-0.05, 0) is 58.0 Å². The third-order valence-electron chi connectivity index (χ3n) is 6.46. The number of carbonyl (C=O) groups is 2. The highest BCUT2D eigenvalue weighted by Gasteiger charge is 2.34. The Bertz CT molecular complexity index is 1250. The molecule has 1 aliphatic heterocycles. The number of fused-ring (bicyclic) bond motifs is 1. The molecule has 0 unspecified atom stereocenters. The van der Waals surface area contributed by atoms with Crippen LogP contribution in [-0.4, -0.2) is 80.2 Å². The molecule has 38 heavy (non-hydrogen) atoms. The Kier molecular flexibility index (Phi) is 9.26. The van der Waals surface area contributed by atoms with Crippen LogP contribution in [0.1, 0.15) is 43.6 Å². The topological polar surface area (TPSA) is 128 Å². The molecular weight excluding hydrogens is 508 g/mol. The molecule has 0 aliphatic carbocycles. The first-order chi connectivity index (χ1) is 17.8. The molecule has 0 saturated carbocycles. The average molecular weight is 547 g/mol. The summed E-state index contributed by atoms with van der Waals surface area (Å²) < 4.78 is 34.7. The largest absolute Gasteiger partial charge is 0.487 e. The molecule has 10 nitrogen and oxygen atoms in total. The van der Waals surface area contributed by atoms with E-state index >= 15 is 0 Å². The van der Waals surface area contributed by atoms with Gasteiger partial charge in [-0.25, -0.2) is 13.2 Å². The molecule has 208 valence electrons. The van der Waals surface area contributed by atoms with Crippen molar-refractivity contribution in [3.63, 3.8) is 0 Å². The molecule has 0 aromatic heterocycles. The van der Waals surface area contributed by atoms with Crippen molar-refractivity contribution in [1.29, 1.82) is 0 Å². The van der Waals surface area contributed by atoms with Crippen LogP contribution in [0.15, 0.2) is 47.4 Å². The van der Waals surface area contributed by atoms with Gasteiger partial charge >= 0.3 is 6.03 Å². The molecule has 3 rings (SSSR count). The van der Waals surface area contributed by atoms with E-state index in [4.69, 9.17) is 4.74 Å². The highest BCUT2D eigenvalue weighted by atomic mass is 32.2. The van der Waals surface area contributed by atoms with Gasteiger partial charge in [0, 0.05) is 31.2 Å². The summed E-state index contributed by atoms with van der Waals surface area (Å²) in [6.45, 7) is 9.59. The smallest absolute Gasteiger partial charge is 0.317 e. The molecule has 0 bridgehead atoms. The van der Waals surface area contributed by atoms with Gasteiger partial charge in [0.05, 0.1) is 29.7 Å². The van der Waals surface area contributed by atoms with E-state index in [-0.39, 0.29) is 65.5 Å². The fourth-order valence-corrected chi connectivity index (χ4v) is 5.19. The monoisotopic (exact) mass is 546 g/mol. The number of aliphatic hydroxyl groups excluding tert-OH is 1. The lowest BCUT2D eigenvalue weighted by molar-refractivity contribution is 0.0366. The number of nitrogens with one attached hydrogen (secondary N) is 2. The molecule has 3 amide bonds. The van der Waals surface area contributed by atoms with Crippen molar-refractivity contribution >= 4 is 27.6 Å². The molecule has 11 heteroatoms. The van der Waals surface area contributed by atoms with Crippen molar-refractivity contribution in [2.75, 3.05) is 31.5 Å². The number of rotatable bonds is 8. The lowest BCUT2D eigenvalue weighted by Gasteiger charge is -2.38. The molecule has 2 aromatic rings. The number of benzene rings is 2. The van der Waals surface area contributed by atoms with Gasteiger partial charge in [-0.15, -0.1) is 0 Å². The third-order valence-corrected chi connectivity index (χ3v) is 7.86. The van der Waals surface area contributed by atoms with Gasteiger partial charge in [0.15, 0.2) is 0 Å². The number of anilines is 1. The first-order valence-corrected chi connectivity index (χ1v) is 14.1. The molecule has 1 heterocycles. The number of aliphatic hydroxyl groups is 1. The molecule has 3 atom stereocenters. The number of sulfonamides is 1. The maximum absolute atomic E-state index is 13.6. The van der Waals surface area contributed by atoms with E-state index < -0.39 is 22.2 Å². The molecule has 2 aromatic carbocycles. The van der Waals surface area contributed by atoms with Crippen molar-refractivity contribution in [3.8, 4) is 5.75 Å². The van der Waals surface area contributed by atoms with E-state index in [0.717, 1.165) is 5.56 Å². The van der Waals surface area contributed by atoms with Crippen LogP contribution in [-0.2, 0) is 10.0 Å². The van der Waals surface area contributed by atoms with Crippen LogP contribution in [0, 0.1) is 12.8 Å². The van der Waals surface area contributed by atoms with Crippen molar-refractivity contribution in [2.45, 2.75) is 57.7 Å². The number of amides is 3. The molecular formula is C27H38N4O6S. The van der Waals surface area contributed by atoms with Gasteiger partial charge < -0.3 is 25.0 Å². The summed E-state index contributed by atoms with van der Waals surface area (Å²) in [4.78, 5) is 29.3. The SMILES string of the molecule is Cc1ccc(S(=O)(=O)Nc2ccc3c(c2)C(=O)N([C@@H](C)CO)C[C@@H](C)[C@@H](CN(C)C(=O)NC(C)C)O3)cc1. The maximum Gasteiger partial charge on any atom is 0.317 e. The summed E-state index contributed by atoms with van der Waals surface area (Å²) >= 11 is 0. The normalized spacial score (nSPS) is 18.6. The standard InChI is InChI=1S/C27H38N4O6S/c1-17(2)28-27(34)30(6)15-25-19(4)14-31(20(5)16-32)26(33)23-13-21(9-12-24(23)37-25)29-38(35,36)22-10-7-18(3)8-11-22/h7-13,17,19-20,25,29,32H,14-16H2,1-6H3,(H,28,34)/t19-,20+,25-/m1/s1. The van der Waals surface area contributed by atoms with Crippen molar-refractivity contribution in [1.82, 2.24) is 15.1 Å². The number of ether oxygens (including phenoxy) is 1. The number of carbonyl (C=O) groups excluding carboxylic acids is 2. The maximum atomic E-state index is 13.6. The summed E-state index contributed by atoms with van der Waals surface area (Å²) in [5.41, 5.74) is 1.30. The minimum absolute atomic E-state index is 0.0259. The Hall–Kier alpha value is -3.31. The van der Waals surface area contributed by atoms with Gasteiger partial charge in [0.25, 0.3) is 15.9 Å². The Balaban J connectivity index is 1.96. The zero-order valence-electron chi connectivity index (χ0n) is 22.8. The Labute approximate surface area is 225 Å². The lowest BCUT2D eigenvalue weighted by Crippen LogP contribution is -2.51. The van der Waals surface area contributed by atoms with Crippen LogP contribution in [0.3, 0.4) is 0 Å². The highest BCUT2D eigenvalue weighted by molar-refractivity contribution is 7.92. The number of hydrogen-bond donors (Lipinski definition) is 3. The van der Waals surface area contributed by atoms with E-state index in [2.05, 4.69) is 10.0 Å². The first kappa shape index (κ1) is 29.2. The Morgan fingerprint density at radius 3 is 2.45 bits per heavy atom. The predicted octanol–water partition coefficient (Wildman–Crippen LogP) is 3.07. The molecule has 1 aliphatic rings. The zero-order valence-corrected chi connectivity index (χ0v) is 23.6. The van der Waals surface area contributed by atoms with Crippen LogP contribution in [0.2, 0.25) is 0 Å². The zero-order chi connectivity index (χ0) is 28.2. The number of hydrogen-bond acceptors (Lipinski definition) is 6. The van der Waals surface area contributed by atoms with Gasteiger partial charge in [0.2, 0.25) is 0 Å². The van der Waals surface area contributed by atoms with Gasteiger partial charge in [0.1, 0.15) is 11.9 Å². The van der Waals surface area contributed by atoms with Crippen LogP contribution in [0.4, 0.5) is 10.5 Å². The van der Waals surface area contributed by atoms with E-state index in [1.54, 1.807) is 37.1 Å². The lowest BCUT2D eigenvalue weighted by atomic mass is 9.99. The van der Waals surface area contributed by atoms with E-state index in [9.17, 15) is 23.1 Å². The predicted molar refractivity (Wildman–Crippen MR) is 146 cm³/mol. The van der Waals surface area contributed by atoms with Crippen LogP contribution in [0.5, 0.6) is 5.75 Å². The second-order valence-corrected chi connectivity index (χ2v) is 11.9. The molecule has 0 radical (unpaired) electrons. The minimum Gasteiger partial charge on any atom is -0.487 e. The van der Waals surface area contributed by atoms with Crippen molar-refractivity contribution in [3.05, 3.63) is 53.6 Å². The molecule has 3 N–H and O–H groups in total. The molecule has 0 spiro atoms. The third kappa shape index (κ3) is 6.96. The summed E-state index contributed by atoms with van der Waals surface area (Å²) in [7, 11) is -2.21. The fourth-order valence-electron chi connectivity index (χ4n) is 4.15. The Morgan fingerprint density at radius 1 is 1.18 bits per heavy atom. The minimum atomic E-state index is -3.89. The highest BCUT2D eigenvalue weighted by Crippen LogP contribution is 2.31. The number of aryl methyl sites for hydroxylation is 1. The van der Waals surface area contributed by atoms with Crippen molar-refractivity contribution < 1.29 is 27.9 Å². The van der Waals surface area contributed by atoms with Gasteiger partial charge in [-0.3, -0.25) is 9.52 Å². The first-order valence-electron chi connectivity index (χ1n) is 12.7. The van der Waals surface area contributed by atoms with E-state index in [1.165, 1.54) is 29.2 Å². The molecule has 0 saturated heterocycles. The van der Waals surface area contributed by atoms with E-state index in [0.29, 0.717) is 0 Å². The summed E-state index contributed by atoms with van der Waals surface area (Å²) in [5, 5.41) is 12.7. The number of likely N-dealkylation sites (N-methyl/N-ethyl adjacent to an activating group) is 1. The van der Waals surface area contributed by atoms with E-state index in [1.807, 2.05) is 27.7 Å². The van der Waals surface area contributed by atoms with Gasteiger partial charge in [-0.1, -0.05) is 24.6 Å². The average Bonchev–Trinajstić information content (AvgIpc) is 2.85. The quantitative estimate of drug-likeness (QED) is 0.467. The second kappa shape index (κ2) is 12.0. The van der Waals surface area contributed by atoms with Crippen LogP contribution >= 0.6 is 0 Å². The second-order valence-electron chi connectivity index (χ2n) is 10.2. The van der Waals surface area contributed by atoms with Gasteiger partial charge in [-0.2, -0.15) is 0 Å². The molecule has 0 fully saturated rings. The van der Waals surface area contributed by atoms with Crippen molar-refractivity contribution in [2.24, 2.45) is 5.92 Å². The Morgan fingerprint density at radius 2 is 1.84 bits per heavy atom. The van der Waals surface area contributed by atoms with Crippen LogP contribution < -0.4 is 14.8 Å². The van der Waals surface area contributed by atoms with Crippen LogP contribution in [0.25, 0.3) is 0 Å². The fraction of sp³-hybridized carbons (Fsp3) is 0.481. The number of urea groups is 1. The number of nitrogens with zero attached hydrogens (tertiary/aromatic N) is 2.